The Balaban J connectivity index is 1.54. The Bertz CT molecular complexity index is 1450. The zero-order chi connectivity index (χ0) is 27.4. The van der Waals surface area contributed by atoms with Crippen LogP contribution in [0, 0.1) is 0 Å². The monoisotopic (exact) mass is 524 g/mol. The van der Waals surface area contributed by atoms with Crippen molar-refractivity contribution in [3.8, 4) is 23.0 Å². The van der Waals surface area contributed by atoms with Crippen LogP contribution < -0.4 is 14.2 Å². The number of ketones is 2. The fraction of sp³-hybridized carbons (Fsp3) is 0.333. The summed E-state index contributed by atoms with van der Waals surface area (Å²) < 4.78 is 32.7. The van der Waals surface area contributed by atoms with E-state index in [1.54, 1.807) is 6.07 Å². The van der Waals surface area contributed by atoms with Crippen molar-refractivity contribution in [2.75, 3.05) is 28.4 Å². The quantitative estimate of drug-likeness (QED) is 0.577. The van der Waals surface area contributed by atoms with Gasteiger partial charge in [0.1, 0.15) is 17.1 Å². The molecule has 0 amide bonds. The zero-order valence-corrected chi connectivity index (χ0v) is 21.1. The summed E-state index contributed by atoms with van der Waals surface area (Å²) in [6.07, 6.45) is 0.335. The minimum Gasteiger partial charge on any atom is -0.507 e. The minimum atomic E-state index is -1.44. The molecule has 2 aromatic rings. The molecule has 1 aliphatic carbocycles. The molecule has 38 heavy (non-hydrogen) atoms. The first kappa shape index (κ1) is 25.1. The summed E-state index contributed by atoms with van der Waals surface area (Å²) in [6, 6.07) is 4.28. The van der Waals surface area contributed by atoms with Crippen molar-refractivity contribution in [1.29, 1.82) is 0 Å². The number of hydrogen-bond acceptors (Lipinski definition) is 11. The van der Waals surface area contributed by atoms with Crippen LogP contribution in [0.15, 0.2) is 29.5 Å². The van der Waals surface area contributed by atoms with Gasteiger partial charge in [-0.2, -0.15) is 0 Å². The van der Waals surface area contributed by atoms with E-state index < -0.39 is 29.3 Å². The molecule has 0 saturated heterocycles. The number of Topliss-reactive ketones (excluding diaryl/α,β-unsaturated/α-hetero) is 2. The van der Waals surface area contributed by atoms with Crippen molar-refractivity contribution >= 4 is 23.5 Å². The average molecular weight is 524 g/mol. The lowest BCUT2D eigenvalue weighted by molar-refractivity contribution is -0.148. The maximum Gasteiger partial charge on any atom is 0.342 e. The molecule has 0 saturated carbocycles. The molecule has 11 heteroatoms. The van der Waals surface area contributed by atoms with Crippen LogP contribution >= 0.6 is 0 Å². The lowest BCUT2D eigenvalue weighted by Crippen LogP contribution is -2.40. The fourth-order valence-electron chi connectivity index (χ4n) is 5.11. The van der Waals surface area contributed by atoms with E-state index in [9.17, 15) is 24.3 Å². The highest BCUT2D eigenvalue weighted by atomic mass is 16.7. The van der Waals surface area contributed by atoms with Gasteiger partial charge in [-0.1, -0.05) is 6.07 Å². The highest BCUT2D eigenvalue weighted by molar-refractivity contribution is 6.27. The number of methoxy groups -OCH3 is 4. The second kappa shape index (κ2) is 9.09. The van der Waals surface area contributed by atoms with Crippen LogP contribution in [0.2, 0.25) is 0 Å². The molecule has 1 spiro atoms. The number of rotatable bonds is 5. The maximum absolute atomic E-state index is 13.3. The number of hydrogen-bond donors (Lipinski definition) is 1. The number of fused-ring (bicyclic) bond motifs is 2. The van der Waals surface area contributed by atoms with Gasteiger partial charge < -0.3 is 33.5 Å². The van der Waals surface area contributed by atoms with Crippen molar-refractivity contribution < 1.29 is 52.7 Å². The number of phenolic OH excluding ortho intramolecular Hbond substituents is 1. The van der Waals surface area contributed by atoms with Crippen LogP contribution in [0.3, 0.4) is 0 Å². The molecule has 2 heterocycles. The van der Waals surface area contributed by atoms with E-state index in [1.165, 1.54) is 40.6 Å². The number of esters is 2. The van der Waals surface area contributed by atoms with E-state index in [1.807, 2.05) is 0 Å². The van der Waals surface area contributed by atoms with Crippen molar-refractivity contribution in [2.45, 2.75) is 31.5 Å². The Morgan fingerprint density at radius 1 is 1.00 bits per heavy atom. The molecule has 1 unspecified atom stereocenters. The van der Waals surface area contributed by atoms with E-state index >= 15 is 0 Å². The average Bonchev–Trinajstić information content (AvgIpc) is 3.29. The first-order valence-electron chi connectivity index (χ1n) is 11.7. The molecular weight excluding hydrogens is 500 g/mol. The zero-order valence-electron chi connectivity index (χ0n) is 21.1. The molecule has 2 aromatic carbocycles. The summed E-state index contributed by atoms with van der Waals surface area (Å²) in [5.41, 5.74) is 0.898. The number of allylic oxidation sites excluding steroid dienone is 1. The smallest absolute Gasteiger partial charge is 0.342 e. The Kier molecular flexibility index (Phi) is 6.01. The second-order valence-corrected chi connectivity index (χ2v) is 9.00. The molecule has 3 aliphatic rings. The van der Waals surface area contributed by atoms with Crippen LogP contribution in [0.4, 0.5) is 0 Å². The fourth-order valence-corrected chi connectivity index (χ4v) is 5.11. The topological polar surface area (TPSA) is 144 Å². The summed E-state index contributed by atoms with van der Waals surface area (Å²) in [5, 5.41) is 10.4. The van der Waals surface area contributed by atoms with Gasteiger partial charge in [0.2, 0.25) is 5.78 Å². The van der Waals surface area contributed by atoms with Gasteiger partial charge in [-0.3, -0.25) is 14.4 Å². The summed E-state index contributed by atoms with van der Waals surface area (Å²) in [6.45, 7) is 0. The summed E-state index contributed by atoms with van der Waals surface area (Å²) in [5.74, 6) is -3.98. The van der Waals surface area contributed by atoms with Gasteiger partial charge in [0.25, 0.3) is 5.79 Å². The third-order valence-electron chi connectivity index (χ3n) is 6.90. The van der Waals surface area contributed by atoms with E-state index in [0.717, 1.165) is 0 Å². The molecular formula is C27H24O11. The molecule has 1 N–H and O–H groups in total. The van der Waals surface area contributed by atoms with E-state index in [2.05, 4.69) is 0 Å². The van der Waals surface area contributed by atoms with Crippen LogP contribution in [0.5, 0.6) is 23.0 Å². The Morgan fingerprint density at radius 2 is 1.76 bits per heavy atom. The van der Waals surface area contributed by atoms with Gasteiger partial charge in [-0.15, -0.1) is 0 Å². The molecule has 0 bridgehead atoms. The lowest BCUT2D eigenvalue weighted by Gasteiger charge is -2.36. The highest BCUT2D eigenvalue weighted by Gasteiger charge is 2.53. The van der Waals surface area contributed by atoms with Crippen molar-refractivity contribution in [2.24, 2.45) is 0 Å². The first-order valence-corrected chi connectivity index (χ1v) is 11.7. The SMILES string of the molecule is COC(=O)Cc1cc2c(c(OC)c1C(=O)OC)OC1(CC2)CC2=C(O1)C(=O)c1cc(OC)cc(O)c1C2=O. The van der Waals surface area contributed by atoms with E-state index in [0.29, 0.717) is 17.5 Å². The van der Waals surface area contributed by atoms with Gasteiger partial charge in [0, 0.05) is 18.1 Å². The maximum atomic E-state index is 13.3. The largest absolute Gasteiger partial charge is 0.507 e. The number of carbonyl (C=O) groups excluding carboxylic acids is 4. The van der Waals surface area contributed by atoms with E-state index in [-0.39, 0.29) is 70.3 Å². The van der Waals surface area contributed by atoms with Crippen LogP contribution in [0.1, 0.15) is 55.0 Å². The van der Waals surface area contributed by atoms with Gasteiger partial charge in [0.05, 0.1) is 52.4 Å². The highest BCUT2D eigenvalue weighted by Crippen LogP contribution is 2.51. The summed E-state index contributed by atoms with van der Waals surface area (Å²) in [7, 11) is 5.16. The Morgan fingerprint density at radius 3 is 2.42 bits per heavy atom. The molecule has 1 atom stereocenters. The predicted octanol–water partition coefficient (Wildman–Crippen LogP) is 2.69. The molecule has 0 radical (unpaired) electrons. The van der Waals surface area contributed by atoms with Crippen molar-refractivity contribution in [3.63, 3.8) is 0 Å². The number of aryl methyl sites for hydroxylation is 1. The molecule has 11 nitrogen and oxygen atoms in total. The number of aromatic hydroxyl groups is 1. The van der Waals surface area contributed by atoms with Crippen LogP contribution in [-0.4, -0.2) is 62.8 Å². The number of carbonyl (C=O) groups is 4. The van der Waals surface area contributed by atoms with Crippen molar-refractivity contribution in [3.05, 3.63) is 57.3 Å². The standard InChI is InChI=1S/C27H24O11/c1-33-14-9-15-20(17(28)10-14)21(30)16-11-27(38-24(16)22(15)31)6-5-12-7-13(8-18(29)34-2)19(26(32)36-4)25(35-3)23(12)37-27/h7,9-10,28H,5-6,8,11H2,1-4H3. The lowest BCUT2D eigenvalue weighted by atomic mass is 9.85. The van der Waals surface area contributed by atoms with Gasteiger partial charge in [-0.05, 0) is 23.6 Å². The van der Waals surface area contributed by atoms with Crippen LogP contribution in [-0.2, 0) is 31.8 Å². The van der Waals surface area contributed by atoms with Gasteiger partial charge >= 0.3 is 11.9 Å². The molecule has 0 aromatic heterocycles. The number of ether oxygens (including phenoxy) is 6. The predicted molar refractivity (Wildman–Crippen MR) is 128 cm³/mol. The molecule has 0 fully saturated rings. The van der Waals surface area contributed by atoms with Crippen molar-refractivity contribution in [1.82, 2.24) is 0 Å². The minimum absolute atomic E-state index is 0.0107. The first-order chi connectivity index (χ1) is 18.2. The second-order valence-electron chi connectivity index (χ2n) is 9.00. The number of benzene rings is 2. The summed E-state index contributed by atoms with van der Waals surface area (Å²) in [4.78, 5) is 51.4. The molecule has 198 valence electrons. The molecule has 5 rings (SSSR count). The van der Waals surface area contributed by atoms with Crippen LogP contribution in [0.25, 0.3) is 0 Å². The third-order valence-corrected chi connectivity index (χ3v) is 6.90. The summed E-state index contributed by atoms with van der Waals surface area (Å²) >= 11 is 0. The van der Waals surface area contributed by atoms with E-state index in [4.69, 9.17) is 28.4 Å². The third kappa shape index (κ3) is 3.73. The normalized spacial score (nSPS) is 19.2. The van der Waals surface area contributed by atoms with Gasteiger partial charge in [0.15, 0.2) is 23.0 Å². The molecule has 2 aliphatic heterocycles. The Labute approximate surface area is 216 Å². The van der Waals surface area contributed by atoms with Gasteiger partial charge in [-0.25, -0.2) is 4.79 Å². The number of phenols is 1. The Hall–Kier alpha value is -4.54.